The lowest BCUT2D eigenvalue weighted by Crippen LogP contribution is -2.58. The predicted molar refractivity (Wildman–Crippen MR) is 97.6 cm³/mol. The average molecular weight is 431 g/mol. The van der Waals surface area contributed by atoms with Crippen LogP contribution in [0.5, 0.6) is 0 Å². The minimum atomic E-state index is -1.70. The summed E-state index contributed by atoms with van der Waals surface area (Å²) < 4.78 is 0. The van der Waals surface area contributed by atoms with Gasteiger partial charge in [0.05, 0.1) is 25.5 Å². The zero-order chi connectivity index (χ0) is 22.8. The molecule has 1 heterocycles. The Hall–Kier alpha value is -3.26. The molecule has 1 aliphatic heterocycles. The first kappa shape index (κ1) is 24.8. The summed E-state index contributed by atoms with van der Waals surface area (Å²) in [5.41, 5.74) is 5.04. The molecule has 0 aromatic carbocycles. The summed E-state index contributed by atoms with van der Waals surface area (Å²) in [6.45, 7) is -0.366. The van der Waals surface area contributed by atoms with E-state index in [0.29, 0.717) is 13.0 Å². The minimum absolute atomic E-state index is 0.498. The van der Waals surface area contributed by atoms with Crippen LogP contribution in [0.1, 0.15) is 25.7 Å². The summed E-state index contributed by atoms with van der Waals surface area (Å²) in [4.78, 5) is 70.2. The number of rotatable bonds is 12. The van der Waals surface area contributed by atoms with Gasteiger partial charge in [-0.3, -0.25) is 24.0 Å². The highest BCUT2D eigenvalue weighted by Crippen LogP contribution is 2.06. The zero-order valence-corrected chi connectivity index (χ0v) is 15.9. The van der Waals surface area contributed by atoms with Crippen LogP contribution in [0, 0.1) is 0 Å². The summed E-state index contributed by atoms with van der Waals surface area (Å²) in [7, 11) is 0. The van der Waals surface area contributed by atoms with Crippen molar-refractivity contribution in [1.29, 1.82) is 0 Å². The van der Waals surface area contributed by atoms with Gasteiger partial charge < -0.3 is 42.3 Å². The topological polar surface area (TPSA) is 237 Å². The highest BCUT2D eigenvalue weighted by Gasteiger charge is 2.33. The van der Waals surface area contributed by atoms with Crippen molar-refractivity contribution in [3.8, 4) is 0 Å². The largest absolute Gasteiger partial charge is 0.481 e. The molecule has 4 amide bonds. The van der Waals surface area contributed by atoms with Gasteiger partial charge in [0.1, 0.15) is 18.1 Å². The molecule has 4 unspecified atom stereocenters. The zero-order valence-electron chi connectivity index (χ0n) is 15.9. The summed E-state index contributed by atoms with van der Waals surface area (Å²) in [6.07, 6.45) is -0.307. The number of amides is 4. The van der Waals surface area contributed by atoms with Crippen LogP contribution in [0.25, 0.3) is 0 Å². The Labute approximate surface area is 170 Å². The molecule has 1 fully saturated rings. The molecule has 14 nitrogen and oxygen atoms in total. The predicted octanol–water partition coefficient (Wildman–Crippen LogP) is -4.38. The molecular formula is C16H25N5O9. The van der Waals surface area contributed by atoms with Crippen LogP contribution in [0.15, 0.2) is 0 Å². The van der Waals surface area contributed by atoms with Crippen LogP contribution < -0.4 is 27.0 Å². The molecule has 0 aromatic heterocycles. The number of carbonyl (C=O) groups excluding carboxylic acids is 4. The lowest BCUT2D eigenvalue weighted by atomic mass is 10.1. The van der Waals surface area contributed by atoms with E-state index >= 15 is 0 Å². The Morgan fingerprint density at radius 2 is 1.50 bits per heavy atom. The summed E-state index contributed by atoms with van der Waals surface area (Å²) in [5.74, 6) is -6.80. The molecule has 0 aliphatic carbocycles. The SMILES string of the molecule is NC(=O)CC(NC(=O)C(CC(=O)O)NC(=O)C1CCCN1)C(=O)NC(CO)C(=O)O. The highest BCUT2D eigenvalue weighted by molar-refractivity contribution is 5.97. The van der Waals surface area contributed by atoms with Crippen molar-refractivity contribution in [3.63, 3.8) is 0 Å². The van der Waals surface area contributed by atoms with E-state index in [0.717, 1.165) is 6.42 Å². The van der Waals surface area contributed by atoms with Crippen molar-refractivity contribution in [2.75, 3.05) is 13.2 Å². The van der Waals surface area contributed by atoms with E-state index in [1.165, 1.54) is 0 Å². The normalized spacial score (nSPS) is 18.5. The molecule has 0 saturated carbocycles. The third-order valence-electron chi connectivity index (χ3n) is 4.22. The second-order valence-corrected chi connectivity index (χ2v) is 6.62. The number of aliphatic hydroxyl groups excluding tert-OH is 1. The number of carboxylic acid groups (broad SMARTS) is 2. The Balaban J connectivity index is 2.90. The van der Waals surface area contributed by atoms with Gasteiger partial charge in [-0.2, -0.15) is 0 Å². The van der Waals surface area contributed by atoms with Crippen molar-refractivity contribution >= 4 is 35.6 Å². The lowest BCUT2D eigenvalue weighted by molar-refractivity contribution is -0.144. The molecule has 168 valence electrons. The maximum atomic E-state index is 12.5. The van der Waals surface area contributed by atoms with Crippen molar-refractivity contribution in [2.45, 2.75) is 49.9 Å². The number of nitrogens with one attached hydrogen (secondary N) is 4. The van der Waals surface area contributed by atoms with Gasteiger partial charge in [-0.25, -0.2) is 4.79 Å². The van der Waals surface area contributed by atoms with E-state index in [-0.39, 0.29) is 0 Å². The van der Waals surface area contributed by atoms with Gasteiger partial charge in [0.2, 0.25) is 23.6 Å². The molecule has 0 radical (unpaired) electrons. The average Bonchev–Trinajstić information content (AvgIpc) is 3.18. The number of hydrogen-bond acceptors (Lipinski definition) is 8. The first-order valence-corrected chi connectivity index (χ1v) is 9.03. The number of nitrogens with two attached hydrogens (primary N) is 1. The smallest absolute Gasteiger partial charge is 0.328 e. The molecular weight excluding hydrogens is 406 g/mol. The quantitative estimate of drug-likeness (QED) is 0.148. The maximum Gasteiger partial charge on any atom is 0.328 e. The second-order valence-electron chi connectivity index (χ2n) is 6.62. The molecule has 30 heavy (non-hydrogen) atoms. The number of aliphatic hydroxyl groups is 1. The van der Waals surface area contributed by atoms with Crippen molar-refractivity contribution < 1.29 is 44.1 Å². The van der Waals surface area contributed by atoms with Crippen molar-refractivity contribution in [2.24, 2.45) is 5.73 Å². The fourth-order valence-corrected chi connectivity index (χ4v) is 2.71. The molecule has 4 atom stereocenters. The van der Waals surface area contributed by atoms with E-state index in [1.54, 1.807) is 0 Å². The Morgan fingerprint density at radius 1 is 0.933 bits per heavy atom. The van der Waals surface area contributed by atoms with E-state index < -0.39 is 79.2 Å². The van der Waals surface area contributed by atoms with Gasteiger partial charge in [0.15, 0.2) is 0 Å². The molecule has 9 N–H and O–H groups in total. The first-order chi connectivity index (χ1) is 14.0. The van der Waals surface area contributed by atoms with Crippen LogP contribution in [0.2, 0.25) is 0 Å². The van der Waals surface area contributed by atoms with E-state index in [2.05, 4.69) is 16.0 Å². The van der Waals surface area contributed by atoms with Crippen LogP contribution in [-0.2, 0) is 28.8 Å². The van der Waals surface area contributed by atoms with Crippen LogP contribution >= 0.6 is 0 Å². The monoisotopic (exact) mass is 431 g/mol. The van der Waals surface area contributed by atoms with Gasteiger partial charge in [-0.15, -0.1) is 0 Å². The van der Waals surface area contributed by atoms with E-state index in [4.69, 9.17) is 21.1 Å². The van der Waals surface area contributed by atoms with Crippen LogP contribution in [-0.4, -0.2) is 88.2 Å². The summed E-state index contributed by atoms with van der Waals surface area (Å²) in [6, 6.07) is -5.51. The number of hydrogen-bond donors (Lipinski definition) is 8. The molecule has 0 spiro atoms. The van der Waals surface area contributed by atoms with Crippen LogP contribution in [0.3, 0.4) is 0 Å². The van der Waals surface area contributed by atoms with E-state index in [9.17, 15) is 28.8 Å². The van der Waals surface area contributed by atoms with Gasteiger partial charge >= 0.3 is 11.9 Å². The van der Waals surface area contributed by atoms with Crippen molar-refractivity contribution in [1.82, 2.24) is 21.3 Å². The molecule has 1 aliphatic rings. The Morgan fingerprint density at radius 3 is 1.93 bits per heavy atom. The van der Waals surface area contributed by atoms with Gasteiger partial charge in [0.25, 0.3) is 0 Å². The Bertz CT molecular complexity index is 693. The fraction of sp³-hybridized carbons (Fsp3) is 0.625. The standard InChI is InChI=1S/C16H25N5O9/c17-11(23)4-8(14(27)21-10(6-22)16(29)30)19-15(28)9(5-12(24)25)20-13(26)7-2-1-3-18-7/h7-10,18,22H,1-6H2,(H2,17,23)(H,19,28)(H,20,26)(H,21,27)(H,24,25)(H,29,30). The first-order valence-electron chi connectivity index (χ1n) is 9.03. The van der Waals surface area contributed by atoms with Gasteiger partial charge in [0, 0.05) is 0 Å². The van der Waals surface area contributed by atoms with Gasteiger partial charge in [-0.05, 0) is 19.4 Å². The highest BCUT2D eigenvalue weighted by atomic mass is 16.4. The van der Waals surface area contributed by atoms with Gasteiger partial charge in [-0.1, -0.05) is 0 Å². The lowest BCUT2D eigenvalue weighted by Gasteiger charge is -2.23. The molecule has 1 rings (SSSR count). The third kappa shape index (κ3) is 8.00. The molecule has 1 saturated heterocycles. The molecule has 0 bridgehead atoms. The molecule has 14 heteroatoms. The second kappa shape index (κ2) is 11.7. The Kier molecular flexibility index (Phi) is 9.64. The minimum Gasteiger partial charge on any atom is -0.481 e. The summed E-state index contributed by atoms with van der Waals surface area (Å²) in [5, 5.41) is 36.1. The number of aliphatic carboxylic acids is 2. The third-order valence-corrected chi connectivity index (χ3v) is 4.22. The number of carboxylic acids is 2. The van der Waals surface area contributed by atoms with E-state index in [1.807, 2.05) is 5.32 Å². The summed E-state index contributed by atoms with van der Waals surface area (Å²) >= 11 is 0. The number of primary amides is 1. The fourth-order valence-electron chi connectivity index (χ4n) is 2.71. The van der Waals surface area contributed by atoms with Crippen LogP contribution in [0.4, 0.5) is 0 Å². The molecule has 0 aromatic rings. The van der Waals surface area contributed by atoms with Crippen molar-refractivity contribution in [3.05, 3.63) is 0 Å². The maximum absolute atomic E-state index is 12.5. The number of carbonyl (C=O) groups is 6.